The van der Waals surface area contributed by atoms with Crippen LogP contribution in [0.25, 0.3) is 10.9 Å². The zero-order valence-corrected chi connectivity index (χ0v) is 11.3. The molecule has 0 aliphatic heterocycles. The molecule has 0 aliphatic carbocycles. The molecule has 2 aromatic rings. The number of nitrogens with two attached hydrogens (primary N) is 1. The van der Waals surface area contributed by atoms with Gasteiger partial charge in [0.25, 0.3) is 0 Å². The van der Waals surface area contributed by atoms with Gasteiger partial charge in [-0.1, -0.05) is 30.4 Å². The maximum Gasteiger partial charge on any atom is 0.425 e. The zero-order chi connectivity index (χ0) is 14.9. The van der Waals surface area contributed by atoms with E-state index in [-0.39, 0.29) is 16.4 Å². The van der Waals surface area contributed by atoms with Gasteiger partial charge in [-0.2, -0.15) is 13.2 Å². The number of alkyl halides is 3. The van der Waals surface area contributed by atoms with E-state index in [1.54, 1.807) is 30.3 Å². The Morgan fingerprint density at radius 1 is 1.35 bits per heavy atom. The molecule has 1 atom stereocenters. The SMILES string of the molecule is CC(Oc1nc2ccccc2cc1C(N)=S)C(F)(F)F. The number of para-hydroxylation sites is 1. The highest BCUT2D eigenvalue weighted by atomic mass is 32.1. The van der Waals surface area contributed by atoms with E-state index >= 15 is 0 Å². The second kappa shape index (κ2) is 5.24. The third-order valence-corrected chi connectivity index (χ3v) is 2.92. The van der Waals surface area contributed by atoms with E-state index < -0.39 is 12.3 Å². The number of thiocarbonyl (C=S) groups is 1. The first-order valence-corrected chi connectivity index (χ1v) is 6.13. The Labute approximate surface area is 118 Å². The molecule has 1 heterocycles. The van der Waals surface area contributed by atoms with E-state index in [4.69, 9.17) is 22.7 Å². The molecule has 0 radical (unpaired) electrons. The van der Waals surface area contributed by atoms with E-state index in [9.17, 15) is 13.2 Å². The molecule has 0 amide bonds. The second-order valence-electron chi connectivity index (χ2n) is 4.20. The van der Waals surface area contributed by atoms with Gasteiger partial charge in [0.05, 0.1) is 11.1 Å². The number of pyridine rings is 1. The number of nitrogens with zero attached hydrogens (tertiary/aromatic N) is 1. The van der Waals surface area contributed by atoms with Crippen molar-refractivity contribution in [1.82, 2.24) is 4.98 Å². The monoisotopic (exact) mass is 300 g/mol. The van der Waals surface area contributed by atoms with Crippen LogP contribution in [0, 0.1) is 0 Å². The first kappa shape index (κ1) is 14.5. The Hall–Kier alpha value is -1.89. The molecule has 2 N–H and O–H groups in total. The van der Waals surface area contributed by atoms with Gasteiger partial charge in [0.1, 0.15) is 4.99 Å². The third kappa shape index (κ3) is 2.98. The van der Waals surface area contributed by atoms with Crippen molar-refractivity contribution in [2.75, 3.05) is 0 Å². The number of benzene rings is 1. The van der Waals surface area contributed by atoms with Gasteiger partial charge in [-0.25, -0.2) is 4.98 Å². The van der Waals surface area contributed by atoms with Gasteiger partial charge in [-0.15, -0.1) is 0 Å². The van der Waals surface area contributed by atoms with Crippen LogP contribution in [0.1, 0.15) is 12.5 Å². The van der Waals surface area contributed by atoms with Crippen LogP contribution < -0.4 is 10.5 Å². The Kier molecular flexibility index (Phi) is 3.80. The summed E-state index contributed by atoms with van der Waals surface area (Å²) in [4.78, 5) is 4.00. The molecule has 0 spiro atoms. The number of aromatic nitrogens is 1. The van der Waals surface area contributed by atoms with Gasteiger partial charge in [0.15, 0.2) is 6.10 Å². The van der Waals surface area contributed by atoms with Gasteiger partial charge >= 0.3 is 6.18 Å². The average Bonchev–Trinajstić information content (AvgIpc) is 2.36. The number of fused-ring (bicyclic) bond motifs is 1. The van der Waals surface area contributed by atoms with E-state index in [0.29, 0.717) is 5.52 Å². The fourth-order valence-corrected chi connectivity index (χ4v) is 1.75. The fraction of sp³-hybridized carbons (Fsp3) is 0.231. The summed E-state index contributed by atoms with van der Waals surface area (Å²) in [5, 5.41) is 0.724. The molecule has 0 bridgehead atoms. The van der Waals surface area contributed by atoms with Crippen LogP contribution in [-0.4, -0.2) is 22.3 Å². The smallest absolute Gasteiger partial charge is 0.425 e. The molecule has 20 heavy (non-hydrogen) atoms. The van der Waals surface area contributed by atoms with Crippen molar-refractivity contribution < 1.29 is 17.9 Å². The van der Waals surface area contributed by atoms with Crippen molar-refractivity contribution in [3.8, 4) is 5.88 Å². The summed E-state index contributed by atoms with van der Waals surface area (Å²) in [6.45, 7) is 0.903. The van der Waals surface area contributed by atoms with E-state index in [1.165, 1.54) is 0 Å². The van der Waals surface area contributed by atoms with Crippen molar-refractivity contribution in [3.05, 3.63) is 35.9 Å². The largest absolute Gasteiger partial charge is 0.464 e. The summed E-state index contributed by atoms with van der Waals surface area (Å²) in [7, 11) is 0. The number of hydrogen-bond donors (Lipinski definition) is 1. The highest BCUT2D eigenvalue weighted by molar-refractivity contribution is 7.80. The molecule has 0 fully saturated rings. The molecule has 106 valence electrons. The van der Waals surface area contributed by atoms with Crippen molar-refractivity contribution in [3.63, 3.8) is 0 Å². The molecule has 0 saturated heterocycles. The van der Waals surface area contributed by atoms with Gasteiger partial charge in [0.2, 0.25) is 5.88 Å². The topological polar surface area (TPSA) is 48.1 Å². The summed E-state index contributed by atoms with van der Waals surface area (Å²) in [5.74, 6) is -0.207. The number of ether oxygens (including phenoxy) is 1. The summed E-state index contributed by atoms with van der Waals surface area (Å²) >= 11 is 4.84. The fourth-order valence-electron chi connectivity index (χ4n) is 1.60. The lowest BCUT2D eigenvalue weighted by Crippen LogP contribution is -2.32. The minimum atomic E-state index is -4.49. The van der Waals surface area contributed by atoms with Crippen molar-refractivity contribution in [1.29, 1.82) is 0 Å². The molecular formula is C13H11F3N2OS. The Morgan fingerprint density at radius 3 is 2.60 bits per heavy atom. The molecule has 0 saturated carbocycles. The zero-order valence-electron chi connectivity index (χ0n) is 10.4. The Bertz CT molecular complexity index is 658. The first-order chi connectivity index (χ1) is 9.29. The molecule has 1 aromatic heterocycles. The van der Waals surface area contributed by atoms with Gasteiger partial charge < -0.3 is 10.5 Å². The predicted octanol–water partition coefficient (Wildman–Crippen LogP) is 3.20. The van der Waals surface area contributed by atoms with Crippen LogP contribution in [0.5, 0.6) is 5.88 Å². The first-order valence-electron chi connectivity index (χ1n) is 5.72. The van der Waals surface area contributed by atoms with E-state index in [0.717, 1.165) is 12.3 Å². The lowest BCUT2D eigenvalue weighted by molar-refractivity contribution is -0.189. The maximum absolute atomic E-state index is 12.6. The normalized spacial score (nSPS) is 13.2. The quantitative estimate of drug-likeness (QED) is 0.884. The van der Waals surface area contributed by atoms with E-state index in [1.807, 2.05) is 0 Å². The van der Waals surface area contributed by atoms with Gasteiger partial charge in [-0.3, -0.25) is 0 Å². The van der Waals surface area contributed by atoms with Gasteiger partial charge in [-0.05, 0) is 19.1 Å². The Morgan fingerprint density at radius 2 is 2.00 bits per heavy atom. The highest BCUT2D eigenvalue weighted by Crippen LogP contribution is 2.28. The average molecular weight is 300 g/mol. The molecular weight excluding hydrogens is 289 g/mol. The molecule has 7 heteroatoms. The summed E-state index contributed by atoms with van der Waals surface area (Å²) in [6, 6.07) is 8.52. The van der Waals surface area contributed by atoms with Crippen LogP contribution >= 0.6 is 12.2 Å². The molecule has 0 aliphatic rings. The highest BCUT2D eigenvalue weighted by Gasteiger charge is 2.38. The summed E-state index contributed by atoms with van der Waals surface area (Å²) < 4.78 is 42.6. The van der Waals surface area contributed by atoms with Crippen LogP contribution in [-0.2, 0) is 0 Å². The lowest BCUT2D eigenvalue weighted by Gasteiger charge is -2.19. The summed E-state index contributed by atoms with van der Waals surface area (Å²) in [6.07, 6.45) is -6.48. The van der Waals surface area contributed by atoms with E-state index in [2.05, 4.69) is 4.98 Å². The van der Waals surface area contributed by atoms with Crippen molar-refractivity contribution >= 4 is 28.1 Å². The predicted molar refractivity (Wildman–Crippen MR) is 73.8 cm³/mol. The van der Waals surface area contributed by atoms with Crippen LogP contribution in [0.2, 0.25) is 0 Å². The number of halogens is 3. The van der Waals surface area contributed by atoms with Crippen molar-refractivity contribution in [2.24, 2.45) is 5.73 Å². The van der Waals surface area contributed by atoms with Crippen molar-refractivity contribution in [2.45, 2.75) is 19.2 Å². The Balaban J connectivity index is 2.50. The minimum Gasteiger partial charge on any atom is -0.464 e. The maximum atomic E-state index is 12.6. The van der Waals surface area contributed by atoms with Gasteiger partial charge in [0, 0.05) is 5.39 Å². The number of hydrogen-bond acceptors (Lipinski definition) is 3. The summed E-state index contributed by atoms with van der Waals surface area (Å²) in [5.41, 5.74) is 6.22. The standard InChI is InChI=1S/C13H11F3N2OS/c1-7(13(14,15)16)19-12-9(11(17)20)6-8-4-2-3-5-10(8)18-12/h2-7H,1H3,(H2,17,20). The molecule has 3 nitrogen and oxygen atoms in total. The molecule has 1 unspecified atom stereocenters. The second-order valence-corrected chi connectivity index (χ2v) is 4.64. The van der Waals surface area contributed by atoms with Crippen LogP contribution in [0.15, 0.2) is 30.3 Å². The van der Waals surface area contributed by atoms with Crippen LogP contribution in [0.3, 0.4) is 0 Å². The lowest BCUT2D eigenvalue weighted by atomic mass is 10.1. The molecule has 1 aromatic carbocycles. The molecule has 2 rings (SSSR count). The number of rotatable bonds is 3. The minimum absolute atomic E-state index is 0.0624. The van der Waals surface area contributed by atoms with Crippen LogP contribution in [0.4, 0.5) is 13.2 Å². The third-order valence-electron chi connectivity index (χ3n) is 2.70.